The van der Waals surface area contributed by atoms with Gasteiger partial charge in [0, 0.05) is 24.6 Å². The lowest BCUT2D eigenvalue weighted by atomic mass is 9.90. The van der Waals surface area contributed by atoms with E-state index in [1.807, 2.05) is 31.2 Å². The molecule has 27 heavy (non-hydrogen) atoms. The Morgan fingerprint density at radius 3 is 2.63 bits per heavy atom. The van der Waals surface area contributed by atoms with Crippen LogP contribution in [0.4, 0.5) is 10.8 Å². The number of nitrogens with one attached hydrogen (secondary N) is 1. The van der Waals surface area contributed by atoms with Gasteiger partial charge in [0.15, 0.2) is 0 Å². The van der Waals surface area contributed by atoms with Gasteiger partial charge >= 0.3 is 0 Å². The van der Waals surface area contributed by atoms with Crippen molar-refractivity contribution >= 4 is 34.0 Å². The maximum atomic E-state index is 12.6. The van der Waals surface area contributed by atoms with Crippen LogP contribution < -0.4 is 10.2 Å². The molecule has 0 radical (unpaired) electrons. The van der Waals surface area contributed by atoms with Gasteiger partial charge in [-0.3, -0.25) is 9.59 Å². The van der Waals surface area contributed by atoms with E-state index in [2.05, 4.69) is 15.5 Å². The molecule has 2 aliphatic rings. The molecule has 4 rings (SSSR count). The fourth-order valence-electron chi connectivity index (χ4n) is 3.86. The highest BCUT2D eigenvalue weighted by atomic mass is 32.1. The lowest BCUT2D eigenvalue weighted by Gasteiger charge is -2.18. The normalized spacial score (nSPS) is 20.9. The molecule has 2 aromatic rings. The zero-order valence-electron chi connectivity index (χ0n) is 15.5. The number of benzene rings is 1. The Kier molecular flexibility index (Phi) is 5.20. The number of hydrogen-bond donors (Lipinski definition) is 1. The number of amides is 2. The number of rotatable bonds is 4. The van der Waals surface area contributed by atoms with Gasteiger partial charge in [-0.1, -0.05) is 48.3 Å². The standard InChI is InChI=1S/C20H24N4O2S/c1-13-7-9-16(10-8-13)24-12-15(11-17(24)25)18(26)21-20-23-22-19(27-20)14-5-3-2-4-6-14/h7-10,14-15H,2-6,11-12H2,1H3,(H,21,23,26). The molecule has 1 saturated carbocycles. The highest BCUT2D eigenvalue weighted by Crippen LogP contribution is 2.35. The van der Waals surface area contributed by atoms with E-state index in [-0.39, 0.29) is 24.2 Å². The minimum Gasteiger partial charge on any atom is -0.312 e. The molecule has 1 aliphatic carbocycles. The summed E-state index contributed by atoms with van der Waals surface area (Å²) in [5.74, 6) is -0.0451. The van der Waals surface area contributed by atoms with Crippen LogP contribution in [-0.2, 0) is 9.59 Å². The van der Waals surface area contributed by atoms with Gasteiger partial charge in [0.1, 0.15) is 5.01 Å². The van der Waals surface area contributed by atoms with Gasteiger partial charge in [-0.15, -0.1) is 10.2 Å². The van der Waals surface area contributed by atoms with Crippen LogP contribution in [0.25, 0.3) is 0 Å². The second kappa shape index (κ2) is 7.76. The topological polar surface area (TPSA) is 75.2 Å². The zero-order chi connectivity index (χ0) is 18.8. The number of hydrogen-bond acceptors (Lipinski definition) is 5. The predicted octanol–water partition coefficient (Wildman–Crippen LogP) is 3.89. The molecule has 142 valence electrons. The van der Waals surface area contributed by atoms with E-state index in [4.69, 9.17) is 0 Å². The zero-order valence-corrected chi connectivity index (χ0v) is 16.3. The summed E-state index contributed by atoms with van der Waals surface area (Å²) in [4.78, 5) is 26.7. The monoisotopic (exact) mass is 384 g/mol. The summed E-state index contributed by atoms with van der Waals surface area (Å²) in [6, 6.07) is 7.80. The summed E-state index contributed by atoms with van der Waals surface area (Å²) in [5.41, 5.74) is 1.99. The number of carbonyl (C=O) groups is 2. The van der Waals surface area contributed by atoms with Crippen LogP contribution in [0.1, 0.15) is 55.0 Å². The predicted molar refractivity (Wildman–Crippen MR) is 106 cm³/mol. The summed E-state index contributed by atoms with van der Waals surface area (Å²) in [6.07, 6.45) is 6.33. The molecule has 1 aliphatic heterocycles. The molecule has 1 unspecified atom stereocenters. The third kappa shape index (κ3) is 4.03. The summed E-state index contributed by atoms with van der Waals surface area (Å²) in [5, 5.41) is 12.9. The van der Waals surface area contributed by atoms with Crippen LogP contribution in [0.5, 0.6) is 0 Å². The molecule has 1 N–H and O–H groups in total. The second-order valence-electron chi connectivity index (χ2n) is 7.51. The first-order valence-corrected chi connectivity index (χ1v) is 10.4. The van der Waals surface area contributed by atoms with Crippen LogP contribution in [0.3, 0.4) is 0 Å². The van der Waals surface area contributed by atoms with Gasteiger partial charge < -0.3 is 10.2 Å². The molecule has 0 bridgehead atoms. The Morgan fingerprint density at radius 1 is 1.15 bits per heavy atom. The molecular weight excluding hydrogens is 360 g/mol. The lowest BCUT2D eigenvalue weighted by molar-refractivity contribution is -0.122. The molecule has 1 atom stereocenters. The van der Waals surface area contributed by atoms with E-state index in [9.17, 15) is 9.59 Å². The van der Waals surface area contributed by atoms with Gasteiger partial charge in [0.25, 0.3) is 0 Å². The van der Waals surface area contributed by atoms with E-state index < -0.39 is 0 Å². The number of aromatic nitrogens is 2. The number of aryl methyl sites for hydroxylation is 1. The highest BCUT2D eigenvalue weighted by Gasteiger charge is 2.35. The summed E-state index contributed by atoms with van der Waals surface area (Å²) in [6.45, 7) is 2.41. The molecule has 1 saturated heterocycles. The minimum atomic E-state index is -0.360. The largest absolute Gasteiger partial charge is 0.312 e. The van der Waals surface area contributed by atoms with Gasteiger partial charge in [-0.25, -0.2) is 0 Å². The first-order valence-electron chi connectivity index (χ1n) is 9.61. The van der Waals surface area contributed by atoms with Crippen molar-refractivity contribution in [3.05, 3.63) is 34.8 Å². The van der Waals surface area contributed by atoms with Crippen LogP contribution >= 0.6 is 11.3 Å². The van der Waals surface area contributed by atoms with Crippen LogP contribution in [0.2, 0.25) is 0 Å². The Labute approximate surface area is 163 Å². The van der Waals surface area contributed by atoms with Crippen LogP contribution in [-0.4, -0.2) is 28.6 Å². The van der Waals surface area contributed by atoms with Gasteiger partial charge in [0.05, 0.1) is 5.92 Å². The van der Waals surface area contributed by atoms with E-state index >= 15 is 0 Å². The lowest BCUT2D eigenvalue weighted by Crippen LogP contribution is -2.28. The van der Waals surface area contributed by atoms with Gasteiger partial charge in [0.2, 0.25) is 16.9 Å². The van der Waals surface area contributed by atoms with Crippen LogP contribution in [0, 0.1) is 12.8 Å². The first-order chi connectivity index (χ1) is 13.1. The fourth-order valence-corrected chi connectivity index (χ4v) is 4.78. The Balaban J connectivity index is 1.38. The average Bonchev–Trinajstić information content (AvgIpc) is 3.30. The first kappa shape index (κ1) is 18.1. The Bertz CT molecular complexity index is 827. The van der Waals surface area contributed by atoms with Crippen molar-refractivity contribution in [3.8, 4) is 0 Å². The van der Waals surface area contributed by atoms with Crippen molar-refractivity contribution < 1.29 is 9.59 Å². The van der Waals surface area contributed by atoms with E-state index in [1.54, 1.807) is 4.90 Å². The maximum absolute atomic E-state index is 12.6. The van der Waals surface area contributed by atoms with Crippen molar-refractivity contribution in [2.75, 3.05) is 16.8 Å². The fraction of sp³-hybridized carbons (Fsp3) is 0.500. The molecule has 6 nitrogen and oxygen atoms in total. The van der Waals surface area contributed by atoms with Crippen molar-refractivity contribution in [2.45, 2.75) is 51.4 Å². The van der Waals surface area contributed by atoms with Gasteiger partial charge in [-0.2, -0.15) is 0 Å². The van der Waals surface area contributed by atoms with Crippen molar-refractivity contribution in [1.82, 2.24) is 10.2 Å². The minimum absolute atomic E-state index is 0.0147. The van der Waals surface area contributed by atoms with Crippen molar-refractivity contribution in [2.24, 2.45) is 5.92 Å². The number of anilines is 2. The molecule has 1 aromatic heterocycles. The maximum Gasteiger partial charge on any atom is 0.231 e. The third-order valence-electron chi connectivity index (χ3n) is 5.47. The molecule has 2 heterocycles. The Hall–Kier alpha value is -2.28. The second-order valence-corrected chi connectivity index (χ2v) is 8.52. The number of nitrogens with zero attached hydrogens (tertiary/aromatic N) is 3. The smallest absolute Gasteiger partial charge is 0.231 e. The SMILES string of the molecule is Cc1ccc(N2CC(C(=O)Nc3nnc(C4CCCCC4)s3)CC2=O)cc1. The molecule has 2 amide bonds. The van der Waals surface area contributed by atoms with E-state index in [1.165, 1.54) is 30.6 Å². The summed E-state index contributed by atoms with van der Waals surface area (Å²) >= 11 is 1.47. The molecule has 0 spiro atoms. The van der Waals surface area contributed by atoms with E-state index in [0.717, 1.165) is 29.1 Å². The average molecular weight is 385 g/mol. The molecular formula is C20H24N4O2S. The van der Waals surface area contributed by atoms with Crippen molar-refractivity contribution in [1.29, 1.82) is 0 Å². The van der Waals surface area contributed by atoms with E-state index in [0.29, 0.717) is 17.6 Å². The summed E-state index contributed by atoms with van der Waals surface area (Å²) in [7, 11) is 0. The highest BCUT2D eigenvalue weighted by molar-refractivity contribution is 7.15. The Morgan fingerprint density at radius 2 is 1.89 bits per heavy atom. The molecule has 2 fully saturated rings. The van der Waals surface area contributed by atoms with Crippen molar-refractivity contribution in [3.63, 3.8) is 0 Å². The third-order valence-corrected chi connectivity index (χ3v) is 6.47. The van der Waals surface area contributed by atoms with Crippen LogP contribution in [0.15, 0.2) is 24.3 Å². The number of carbonyl (C=O) groups excluding carboxylic acids is 2. The summed E-state index contributed by atoms with van der Waals surface area (Å²) < 4.78 is 0. The quantitative estimate of drug-likeness (QED) is 0.868. The van der Waals surface area contributed by atoms with Gasteiger partial charge in [-0.05, 0) is 31.9 Å². The molecule has 1 aromatic carbocycles. The molecule has 7 heteroatoms.